The van der Waals surface area contributed by atoms with Crippen LogP contribution in [-0.2, 0) is 4.74 Å². The van der Waals surface area contributed by atoms with E-state index in [1.165, 1.54) is 0 Å². The van der Waals surface area contributed by atoms with Crippen LogP contribution < -0.4 is 5.32 Å². The molecule has 0 bridgehead atoms. The van der Waals surface area contributed by atoms with Gasteiger partial charge in [0.05, 0.1) is 17.7 Å². The lowest BCUT2D eigenvalue weighted by Gasteiger charge is -2.47. The van der Waals surface area contributed by atoms with Crippen LogP contribution in [0.25, 0.3) is 0 Å². The summed E-state index contributed by atoms with van der Waals surface area (Å²) < 4.78 is 41.8. The van der Waals surface area contributed by atoms with Crippen LogP contribution in [0.3, 0.4) is 0 Å². The molecular formula is C12H23F3N2O. The van der Waals surface area contributed by atoms with Crippen molar-refractivity contribution in [2.24, 2.45) is 0 Å². The summed E-state index contributed by atoms with van der Waals surface area (Å²) in [5, 5.41) is 2.42. The average Bonchev–Trinajstić information content (AvgIpc) is 2.05. The summed E-state index contributed by atoms with van der Waals surface area (Å²) in [6.45, 7) is 9.51. The van der Waals surface area contributed by atoms with E-state index in [2.05, 4.69) is 10.2 Å². The smallest absolute Gasteiger partial charge is 0.367 e. The molecule has 0 spiro atoms. The van der Waals surface area contributed by atoms with Crippen molar-refractivity contribution in [3.63, 3.8) is 0 Å². The highest BCUT2D eigenvalue weighted by Crippen LogP contribution is 2.27. The third-order valence-corrected chi connectivity index (χ3v) is 2.69. The van der Waals surface area contributed by atoms with E-state index in [0.717, 1.165) is 13.1 Å². The van der Waals surface area contributed by atoms with Gasteiger partial charge in [0, 0.05) is 26.2 Å². The molecule has 1 fully saturated rings. The van der Waals surface area contributed by atoms with Crippen molar-refractivity contribution in [3.8, 4) is 0 Å². The normalized spacial score (nSPS) is 24.2. The number of hydrogen-bond acceptors (Lipinski definition) is 3. The van der Waals surface area contributed by atoms with Gasteiger partial charge in [-0.25, -0.2) is 0 Å². The standard InChI is InChI=1S/C12H23F3N2O/c1-10(2)8-17(9-11(3,4)18-10)6-5-16-7-12(13,14)15/h16H,5-9H2,1-4H3. The van der Waals surface area contributed by atoms with E-state index in [1.54, 1.807) is 0 Å². The van der Waals surface area contributed by atoms with Gasteiger partial charge < -0.3 is 10.1 Å². The zero-order valence-corrected chi connectivity index (χ0v) is 11.5. The molecule has 0 aromatic carbocycles. The third-order valence-electron chi connectivity index (χ3n) is 2.69. The quantitative estimate of drug-likeness (QED) is 0.790. The van der Waals surface area contributed by atoms with Crippen LogP contribution in [0.1, 0.15) is 27.7 Å². The minimum Gasteiger partial charge on any atom is -0.367 e. The number of hydrogen-bond donors (Lipinski definition) is 1. The lowest BCUT2D eigenvalue weighted by Crippen LogP contribution is -2.58. The number of ether oxygens (including phenoxy) is 1. The summed E-state index contributed by atoms with van der Waals surface area (Å²) in [6.07, 6.45) is -4.14. The number of nitrogens with one attached hydrogen (secondary N) is 1. The van der Waals surface area contributed by atoms with Crippen molar-refractivity contribution in [1.29, 1.82) is 0 Å². The predicted octanol–water partition coefficient (Wildman–Crippen LogP) is 2.03. The van der Waals surface area contributed by atoms with Gasteiger partial charge in [-0.1, -0.05) is 0 Å². The molecule has 0 radical (unpaired) electrons. The van der Waals surface area contributed by atoms with Crippen LogP contribution in [0.5, 0.6) is 0 Å². The van der Waals surface area contributed by atoms with Gasteiger partial charge >= 0.3 is 6.18 Å². The van der Waals surface area contributed by atoms with Crippen LogP contribution in [0.15, 0.2) is 0 Å². The van der Waals surface area contributed by atoms with Gasteiger partial charge in [-0.2, -0.15) is 13.2 Å². The van der Waals surface area contributed by atoms with Crippen molar-refractivity contribution in [1.82, 2.24) is 10.2 Å². The lowest BCUT2D eigenvalue weighted by atomic mass is 9.99. The molecule has 108 valence electrons. The Morgan fingerprint density at radius 2 is 1.61 bits per heavy atom. The molecule has 6 heteroatoms. The topological polar surface area (TPSA) is 24.5 Å². The Morgan fingerprint density at radius 1 is 1.11 bits per heavy atom. The minimum atomic E-state index is -4.14. The minimum absolute atomic E-state index is 0.258. The van der Waals surface area contributed by atoms with E-state index in [9.17, 15) is 13.2 Å². The summed E-state index contributed by atoms with van der Waals surface area (Å²) in [5.41, 5.74) is -0.516. The number of nitrogens with zero attached hydrogens (tertiary/aromatic N) is 1. The highest BCUT2D eigenvalue weighted by Gasteiger charge is 2.37. The fourth-order valence-corrected chi connectivity index (χ4v) is 2.57. The maximum Gasteiger partial charge on any atom is 0.401 e. The van der Waals surface area contributed by atoms with Crippen LogP contribution in [0, 0.1) is 0 Å². The summed E-state index contributed by atoms with van der Waals surface area (Å²) in [6, 6.07) is 0. The van der Waals surface area contributed by atoms with Gasteiger partial charge in [-0.15, -0.1) is 0 Å². The van der Waals surface area contributed by atoms with Gasteiger partial charge in [0.1, 0.15) is 0 Å². The Morgan fingerprint density at radius 3 is 2.06 bits per heavy atom. The van der Waals surface area contributed by atoms with Crippen molar-refractivity contribution in [2.45, 2.75) is 45.1 Å². The molecule has 3 nitrogen and oxygen atoms in total. The number of rotatable bonds is 4. The number of morpholine rings is 1. The van der Waals surface area contributed by atoms with Crippen molar-refractivity contribution in [2.75, 3.05) is 32.7 Å². The third kappa shape index (κ3) is 6.02. The molecule has 0 amide bonds. The number of halogens is 3. The molecule has 1 aliphatic heterocycles. The first-order valence-electron chi connectivity index (χ1n) is 6.19. The van der Waals surface area contributed by atoms with E-state index < -0.39 is 12.7 Å². The van der Waals surface area contributed by atoms with E-state index in [0.29, 0.717) is 13.1 Å². The van der Waals surface area contributed by atoms with E-state index >= 15 is 0 Å². The van der Waals surface area contributed by atoms with E-state index in [1.807, 2.05) is 27.7 Å². The second-order valence-electron chi connectivity index (χ2n) is 6.12. The summed E-state index contributed by atoms with van der Waals surface area (Å²) in [7, 11) is 0. The first-order chi connectivity index (χ1) is 7.99. The molecule has 1 rings (SSSR count). The van der Waals surface area contributed by atoms with Crippen molar-refractivity contribution >= 4 is 0 Å². The van der Waals surface area contributed by atoms with Gasteiger partial charge in [-0.3, -0.25) is 4.90 Å². The van der Waals surface area contributed by atoms with Gasteiger partial charge in [-0.05, 0) is 27.7 Å². The molecule has 1 N–H and O–H groups in total. The largest absolute Gasteiger partial charge is 0.401 e. The van der Waals surface area contributed by atoms with E-state index in [-0.39, 0.29) is 11.2 Å². The van der Waals surface area contributed by atoms with Crippen molar-refractivity contribution < 1.29 is 17.9 Å². The maximum absolute atomic E-state index is 12.0. The fraction of sp³-hybridized carbons (Fsp3) is 1.00. The Labute approximate surface area is 107 Å². The van der Waals surface area contributed by atoms with Gasteiger partial charge in [0.2, 0.25) is 0 Å². The Hall–Kier alpha value is -0.330. The second-order valence-corrected chi connectivity index (χ2v) is 6.12. The molecule has 18 heavy (non-hydrogen) atoms. The van der Waals surface area contributed by atoms with Crippen LogP contribution in [0.2, 0.25) is 0 Å². The zero-order valence-electron chi connectivity index (χ0n) is 11.5. The predicted molar refractivity (Wildman–Crippen MR) is 64.6 cm³/mol. The molecule has 1 heterocycles. The molecule has 0 aromatic heterocycles. The molecule has 0 aromatic rings. The lowest BCUT2D eigenvalue weighted by molar-refractivity contribution is -0.180. The summed E-state index contributed by atoms with van der Waals surface area (Å²) in [5.74, 6) is 0. The SMILES string of the molecule is CC1(C)CN(CCNCC(F)(F)F)CC(C)(C)O1. The molecule has 1 aliphatic rings. The molecule has 0 atom stereocenters. The fourth-order valence-electron chi connectivity index (χ4n) is 2.57. The first-order valence-corrected chi connectivity index (χ1v) is 6.19. The first kappa shape index (κ1) is 15.7. The Kier molecular flexibility index (Phi) is 4.67. The zero-order chi connectivity index (χ0) is 14.0. The highest BCUT2D eigenvalue weighted by atomic mass is 19.4. The Bertz CT molecular complexity index is 261. The van der Waals surface area contributed by atoms with Crippen LogP contribution in [0.4, 0.5) is 13.2 Å². The molecule has 0 unspecified atom stereocenters. The second kappa shape index (κ2) is 5.35. The number of alkyl halides is 3. The van der Waals surface area contributed by atoms with Crippen molar-refractivity contribution in [3.05, 3.63) is 0 Å². The summed E-state index contributed by atoms with van der Waals surface area (Å²) in [4.78, 5) is 2.15. The molecule has 1 saturated heterocycles. The van der Waals surface area contributed by atoms with Crippen LogP contribution >= 0.6 is 0 Å². The van der Waals surface area contributed by atoms with Gasteiger partial charge in [0.15, 0.2) is 0 Å². The molecule has 0 aliphatic carbocycles. The molecule has 0 saturated carbocycles. The highest BCUT2D eigenvalue weighted by molar-refractivity contribution is 4.89. The van der Waals surface area contributed by atoms with Crippen LogP contribution in [-0.4, -0.2) is 55.0 Å². The summed E-state index contributed by atoms with van der Waals surface area (Å²) >= 11 is 0. The monoisotopic (exact) mass is 268 g/mol. The Balaban J connectivity index is 2.34. The molecular weight excluding hydrogens is 245 g/mol. The van der Waals surface area contributed by atoms with Gasteiger partial charge in [0.25, 0.3) is 0 Å². The maximum atomic E-state index is 12.0. The average molecular weight is 268 g/mol. The van der Waals surface area contributed by atoms with E-state index in [4.69, 9.17) is 4.74 Å².